The van der Waals surface area contributed by atoms with Gasteiger partial charge in [-0.3, -0.25) is 4.79 Å². The molecule has 2 N–H and O–H groups in total. The highest BCUT2D eigenvalue weighted by atomic mass is 32.2. The summed E-state index contributed by atoms with van der Waals surface area (Å²) >= 11 is 0. The lowest BCUT2D eigenvalue weighted by Gasteiger charge is -2.28. The van der Waals surface area contributed by atoms with Crippen molar-refractivity contribution in [1.29, 1.82) is 5.26 Å². The van der Waals surface area contributed by atoms with Gasteiger partial charge in [-0.05, 0) is 78.7 Å². The van der Waals surface area contributed by atoms with E-state index in [1.165, 1.54) is 12.1 Å². The number of aromatic nitrogens is 2. The Morgan fingerprint density at radius 1 is 1.09 bits per heavy atom. The van der Waals surface area contributed by atoms with Gasteiger partial charge in [-0.25, -0.2) is 13.1 Å². The van der Waals surface area contributed by atoms with Crippen molar-refractivity contribution in [1.82, 2.24) is 9.78 Å². The summed E-state index contributed by atoms with van der Waals surface area (Å²) < 4.78 is 63.8. The Bertz CT molecular complexity index is 1860. The number of sulfone groups is 1. The molecule has 0 aliphatic carbocycles. The number of nitrogens with two attached hydrogens (primary N) is 1. The number of anilines is 1. The lowest BCUT2D eigenvalue weighted by atomic mass is 9.85. The Labute approximate surface area is 272 Å². The number of alkyl halides is 2. The summed E-state index contributed by atoms with van der Waals surface area (Å²) in [6.07, 6.45) is 1.84. The summed E-state index contributed by atoms with van der Waals surface area (Å²) in [4.78, 5) is 14.6. The van der Waals surface area contributed by atoms with Crippen molar-refractivity contribution in [3.05, 3.63) is 101 Å². The third-order valence-corrected chi connectivity index (χ3v) is 9.99. The fraction of sp³-hybridized carbons (Fsp3) is 0.324. The number of nitrogens with zero attached hydrogens (tertiary/aromatic N) is 4. The third kappa shape index (κ3) is 7.78. The van der Waals surface area contributed by atoms with Crippen molar-refractivity contribution in [2.45, 2.75) is 56.3 Å². The smallest absolute Gasteiger partial charge is 0.345 e. The van der Waals surface area contributed by atoms with E-state index in [4.69, 9.17) is 15.2 Å². The van der Waals surface area contributed by atoms with E-state index in [9.17, 15) is 27.3 Å². The van der Waals surface area contributed by atoms with Crippen LogP contribution < -0.4 is 15.4 Å². The predicted molar refractivity (Wildman–Crippen MR) is 172 cm³/mol. The minimum absolute atomic E-state index is 0.0264. The first kappa shape index (κ1) is 33.6. The molecule has 1 aliphatic rings. The number of rotatable bonds is 13. The van der Waals surface area contributed by atoms with E-state index >= 15 is 0 Å². The zero-order valence-corrected chi connectivity index (χ0v) is 26.7. The molecule has 1 saturated heterocycles. The van der Waals surface area contributed by atoms with Crippen LogP contribution in [0.4, 0.5) is 14.5 Å². The van der Waals surface area contributed by atoms with Crippen LogP contribution in [0.5, 0.6) is 5.75 Å². The van der Waals surface area contributed by atoms with Gasteiger partial charge in [0, 0.05) is 36.2 Å². The number of amides is 1. The van der Waals surface area contributed by atoms with E-state index in [1.807, 2.05) is 48.4 Å². The fourth-order valence-corrected chi connectivity index (χ4v) is 6.74. The van der Waals surface area contributed by atoms with Gasteiger partial charge in [0.2, 0.25) is 5.91 Å². The molecule has 0 bridgehead atoms. The molecule has 1 fully saturated rings. The first-order chi connectivity index (χ1) is 22.5. The molecule has 5 rings (SSSR count). The molecule has 246 valence electrons. The summed E-state index contributed by atoms with van der Waals surface area (Å²) in [7, 11) is -3.44. The van der Waals surface area contributed by atoms with Crippen LogP contribution in [0, 0.1) is 18.3 Å². The van der Waals surface area contributed by atoms with Gasteiger partial charge in [0.15, 0.2) is 9.84 Å². The number of primary amides is 1. The van der Waals surface area contributed by atoms with Crippen LogP contribution >= 0.6 is 0 Å². The standard InChI is InChI=1S/C34H35F2N5O5S/c1-3-47(43,44)29-11-4-23(5-12-29)30(14-16-37)32-19-25(8-13-31(32)33(38)42)40-20-28(18-26(40)21-45-34(35)36)46-27-9-6-24(7-10-27)41-17-15-22(2)39-41/h4-13,15,17,19,26,28,30,34H,3,14,18,20-21H2,1-2H3,(H2,38,42)/t26-,28-,30-/m0/s1. The predicted octanol–water partition coefficient (Wildman–Crippen LogP) is 5.38. The van der Waals surface area contributed by atoms with Gasteiger partial charge in [-0.1, -0.05) is 19.1 Å². The van der Waals surface area contributed by atoms with E-state index in [0.29, 0.717) is 35.5 Å². The maximum atomic E-state index is 13.2. The van der Waals surface area contributed by atoms with Crippen LogP contribution in [-0.4, -0.2) is 61.8 Å². The van der Waals surface area contributed by atoms with Gasteiger partial charge in [0.1, 0.15) is 11.9 Å². The minimum Gasteiger partial charge on any atom is -0.489 e. The lowest BCUT2D eigenvalue weighted by Crippen LogP contribution is -2.34. The Hall–Kier alpha value is -4.80. The highest BCUT2D eigenvalue weighted by Gasteiger charge is 2.35. The van der Waals surface area contributed by atoms with Crippen molar-refractivity contribution in [2.75, 3.05) is 23.8 Å². The summed E-state index contributed by atoms with van der Waals surface area (Å²) in [5.74, 6) is -0.780. The quantitative estimate of drug-likeness (QED) is 0.201. The molecule has 0 unspecified atom stereocenters. The van der Waals surface area contributed by atoms with Crippen LogP contribution in [0.2, 0.25) is 0 Å². The van der Waals surface area contributed by atoms with Crippen molar-refractivity contribution in [3.63, 3.8) is 0 Å². The van der Waals surface area contributed by atoms with Crippen molar-refractivity contribution in [2.24, 2.45) is 5.73 Å². The largest absolute Gasteiger partial charge is 0.489 e. The Morgan fingerprint density at radius 2 is 1.79 bits per heavy atom. The molecule has 13 heteroatoms. The van der Waals surface area contributed by atoms with E-state index < -0.39 is 34.3 Å². The van der Waals surface area contributed by atoms with Gasteiger partial charge in [0.25, 0.3) is 0 Å². The Kier molecular flexibility index (Phi) is 10.2. The number of hydrogen-bond acceptors (Lipinski definition) is 8. The second-order valence-corrected chi connectivity index (χ2v) is 13.6. The molecule has 1 aliphatic heterocycles. The molecule has 4 aromatic rings. The highest BCUT2D eigenvalue weighted by Crippen LogP contribution is 2.36. The topological polar surface area (TPSA) is 141 Å². The number of benzene rings is 3. The summed E-state index contributed by atoms with van der Waals surface area (Å²) in [5, 5.41) is 14.1. The van der Waals surface area contributed by atoms with Gasteiger partial charge >= 0.3 is 6.61 Å². The normalized spacial score (nSPS) is 17.1. The van der Waals surface area contributed by atoms with Gasteiger partial charge in [-0.2, -0.15) is 19.1 Å². The molecule has 1 aromatic heterocycles. The molecule has 0 saturated carbocycles. The molecule has 3 aromatic carbocycles. The average Bonchev–Trinajstić information content (AvgIpc) is 3.68. The molecule has 10 nitrogen and oxygen atoms in total. The van der Waals surface area contributed by atoms with Crippen LogP contribution in [0.1, 0.15) is 52.9 Å². The number of nitriles is 1. The molecular weight excluding hydrogens is 628 g/mol. The van der Waals surface area contributed by atoms with E-state index in [-0.39, 0.29) is 35.3 Å². The van der Waals surface area contributed by atoms with E-state index in [1.54, 1.807) is 41.9 Å². The first-order valence-electron chi connectivity index (χ1n) is 15.1. The number of halogens is 2. The SMILES string of the molecule is CCS(=O)(=O)c1ccc([C@H](CC#N)c2cc(N3C[C@@H](Oc4ccc(-n5ccc(C)n5)cc4)C[C@H]3COC(F)F)ccc2C(N)=O)cc1. The molecule has 47 heavy (non-hydrogen) atoms. The Morgan fingerprint density at radius 3 is 2.38 bits per heavy atom. The average molecular weight is 664 g/mol. The fourth-order valence-electron chi connectivity index (χ4n) is 5.86. The maximum Gasteiger partial charge on any atom is 0.345 e. The zero-order valence-electron chi connectivity index (χ0n) is 25.9. The second-order valence-electron chi connectivity index (χ2n) is 11.3. The molecule has 0 radical (unpaired) electrons. The number of hydrogen-bond donors (Lipinski definition) is 1. The number of ether oxygens (including phenoxy) is 2. The molecular formula is C34H35F2N5O5S. The number of carbonyl (C=O) groups is 1. The third-order valence-electron chi connectivity index (χ3n) is 8.24. The number of carbonyl (C=O) groups excluding carboxylic acids is 1. The van der Waals surface area contributed by atoms with Crippen LogP contribution in [0.25, 0.3) is 5.69 Å². The monoisotopic (exact) mass is 663 g/mol. The summed E-state index contributed by atoms with van der Waals surface area (Å²) in [6, 6.07) is 22.2. The molecule has 1 amide bonds. The number of aryl methyl sites for hydroxylation is 1. The Balaban J connectivity index is 1.44. The lowest BCUT2D eigenvalue weighted by molar-refractivity contribution is -0.131. The minimum atomic E-state index is -3.44. The maximum absolute atomic E-state index is 13.2. The second kappa shape index (κ2) is 14.3. The van der Waals surface area contributed by atoms with E-state index in [0.717, 1.165) is 11.4 Å². The van der Waals surface area contributed by atoms with E-state index in [2.05, 4.69) is 11.2 Å². The van der Waals surface area contributed by atoms with Gasteiger partial charge in [-0.15, -0.1) is 0 Å². The van der Waals surface area contributed by atoms with Crippen molar-refractivity contribution >= 4 is 21.4 Å². The van der Waals surface area contributed by atoms with Crippen LogP contribution in [0.15, 0.2) is 83.9 Å². The molecule has 2 heterocycles. The summed E-state index contributed by atoms with van der Waals surface area (Å²) in [5.41, 5.74) is 9.38. The highest BCUT2D eigenvalue weighted by molar-refractivity contribution is 7.91. The summed E-state index contributed by atoms with van der Waals surface area (Å²) in [6.45, 7) is 0.568. The molecule has 0 spiro atoms. The van der Waals surface area contributed by atoms with Gasteiger partial charge in [0.05, 0.1) is 47.3 Å². The van der Waals surface area contributed by atoms with Crippen LogP contribution in [-0.2, 0) is 14.6 Å². The van der Waals surface area contributed by atoms with Crippen molar-refractivity contribution < 1.29 is 31.5 Å². The first-order valence-corrected chi connectivity index (χ1v) is 16.7. The van der Waals surface area contributed by atoms with Crippen molar-refractivity contribution in [3.8, 4) is 17.5 Å². The molecule has 3 atom stereocenters. The van der Waals surface area contributed by atoms with Crippen LogP contribution in [0.3, 0.4) is 0 Å². The van der Waals surface area contributed by atoms with Gasteiger partial charge < -0.3 is 20.1 Å². The zero-order chi connectivity index (χ0) is 33.7.